The van der Waals surface area contributed by atoms with Gasteiger partial charge in [-0.1, -0.05) is 24.2 Å². The van der Waals surface area contributed by atoms with E-state index in [9.17, 15) is 13.2 Å². The fraction of sp³-hybridized carbons (Fsp3) is 0.375. The molecule has 5 rings (SSSR count). The van der Waals surface area contributed by atoms with Crippen LogP contribution >= 0.6 is 0 Å². The molecule has 0 aliphatic carbocycles. The van der Waals surface area contributed by atoms with E-state index in [1.54, 1.807) is 12.3 Å². The summed E-state index contributed by atoms with van der Waals surface area (Å²) in [6, 6.07) is 5.58. The highest BCUT2D eigenvalue weighted by atomic mass is 19.4. The number of piperidine rings is 1. The Morgan fingerprint density at radius 3 is 2.74 bits per heavy atom. The van der Waals surface area contributed by atoms with Gasteiger partial charge in [-0.3, -0.25) is 0 Å². The van der Waals surface area contributed by atoms with Crippen LogP contribution in [0, 0.1) is 19.8 Å². The van der Waals surface area contributed by atoms with Crippen LogP contribution in [0.25, 0.3) is 33.3 Å². The minimum absolute atomic E-state index is 0.0407. The van der Waals surface area contributed by atoms with Crippen molar-refractivity contribution in [2.45, 2.75) is 39.4 Å². The normalized spacial score (nSPS) is 19.0. The van der Waals surface area contributed by atoms with E-state index in [4.69, 9.17) is 4.52 Å². The topological polar surface area (TPSA) is 91.7 Å². The van der Waals surface area contributed by atoms with Crippen molar-refractivity contribution in [3.63, 3.8) is 0 Å². The molecular weight excluding hydrogens is 445 g/mol. The Morgan fingerprint density at radius 1 is 1.21 bits per heavy atom. The van der Waals surface area contributed by atoms with Gasteiger partial charge in [-0.15, -0.1) is 0 Å². The molecule has 1 aliphatic rings. The summed E-state index contributed by atoms with van der Waals surface area (Å²) < 4.78 is 46.9. The zero-order chi connectivity index (χ0) is 24.0. The summed E-state index contributed by atoms with van der Waals surface area (Å²) in [6.45, 7) is 7.42. The van der Waals surface area contributed by atoms with Crippen molar-refractivity contribution in [2.75, 3.05) is 18.4 Å². The van der Waals surface area contributed by atoms with Crippen molar-refractivity contribution >= 4 is 16.9 Å². The Kier molecular flexibility index (Phi) is 5.55. The molecule has 7 nitrogen and oxygen atoms in total. The lowest BCUT2D eigenvalue weighted by Gasteiger charge is -2.30. The van der Waals surface area contributed by atoms with Gasteiger partial charge in [-0.05, 0) is 44.4 Å². The molecule has 0 bridgehead atoms. The number of nitrogens with one attached hydrogen (secondary N) is 3. The van der Waals surface area contributed by atoms with Gasteiger partial charge in [0.1, 0.15) is 11.3 Å². The first kappa shape index (κ1) is 22.4. The maximum absolute atomic E-state index is 13.9. The zero-order valence-electron chi connectivity index (χ0n) is 19.0. The van der Waals surface area contributed by atoms with Crippen molar-refractivity contribution in [1.29, 1.82) is 0 Å². The van der Waals surface area contributed by atoms with E-state index in [1.165, 1.54) is 0 Å². The molecule has 3 N–H and O–H groups in total. The maximum Gasteiger partial charge on any atom is 0.419 e. The summed E-state index contributed by atoms with van der Waals surface area (Å²) in [5.74, 6) is 1.22. The Morgan fingerprint density at radius 2 is 2.03 bits per heavy atom. The van der Waals surface area contributed by atoms with Crippen molar-refractivity contribution in [1.82, 2.24) is 25.4 Å². The first-order valence-electron chi connectivity index (χ1n) is 11.2. The standard InChI is InChI=1S/C24H25F3N6O/c1-12-6-7-28-11-20(12)31-23-30-10-18(24(25,26)27)22(32-23)17-9-29-19-8-15(4-5-16(17)19)21-13(2)33-34-14(21)3/h4-5,8-10,12,20,28-29H,6-7,11H2,1-3H3,(H,30,31,32)/t12-,20+/m0/s1. The number of hydrogen-bond acceptors (Lipinski definition) is 6. The molecule has 0 spiro atoms. The molecule has 2 atom stereocenters. The van der Waals surface area contributed by atoms with Crippen molar-refractivity contribution < 1.29 is 17.7 Å². The molecule has 0 amide bonds. The summed E-state index contributed by atoms with van der Waals surface area (Å²) in [4.78, 5) is 11.4. The number of aromatic nitrogens is 4. The predicted octanol–water partition coefficient (Wildman–Crippen LogP) is 5.33. The fourth-order valence-corrected chi connectivity index (χ4v) is 4.59. The van der Waals surface area contributed by atoms with Crippen molar-refractivity contribution in [3.05, 3.63) is 47.6 Å². The lowest BCUT2D eigenvalue weighted by atomic mass is 9.95. The second-order valence-electron chi connectivity index (χ2n) is 8.84. The van der Waals surface area contributed by atoms with E-state index in [1.807, 2.05) is 26.0 Å². The molecule has 0 saturated carbocycles. The summed E-state index contributed by atoms with van der Waals surface area (Å²) in [6.07, 6.45) is -1.19. The molecular formula is C24H25F3N6O. The molecule has 178 valence electrons. The van der Waals surface area contributed by atoms with Crippen LogP contribution in [0.15, 0.2) is 35.1 Å². The third-order valence-corrected chi connectivity index (χ3v) is 6.50. The van der Waals surface area contributed by atoms with Crippen LogP contribution in [0.3, 0.4) is 0 Å². The smallest absolute Gasteiger partial charge is 0.361 e. The number of fused-ring (bicyclic) bond motifs is 1. The number of alkyl halides is 3. The third kappa shape index (κ3) is 4.02. The first-order valence-corrected chi connectivity index (χ1v) is 11.2. The van der Waals surface area contributed by atoms with E-state index >= 15 is 0 Å². The second kappa shape index (κ2) is 8.43. The van der Waals surface area contributed by atoms with Gasteiger partial charge in [0.05, 0.1) is 11.4 Å². The van der Waals surface area contributed by atoms with Gasteiger partial charge in [0.2, 0.25) is 5.95 Å². The van der Waals surface area contributed by atoms with Crippen LogP contribution in [-0.4, -0.2) is 39.2 Å². The van der Waals surface area contributed by atoms with Crippen LogP contribution in [-0.2, 0) is 6.18 Å². The SMILES string of the molecule is Cc1noc(C)c1-c1ccc2c(-c3nc(N[C@@H]4CNCC[C@@H]4C)ncc3C(F)(F)F)c[nH]c2c1. The quantitative estimate of drug-likeness (QED) is 0.374. The van der Waals surface area contributed by atoms with Gasteiger partial charge in [0, 0.05) is 47.0 Å². The lowest BCUT2D eigenvalue weighted by molar-refractivity contribution is -0.137. The minimum atomic E-state index is -4.59. The maximum atomic E-state index is 13.9. The number of anilines is 1. The molecule has 10 heteroatoms. The number of benzene rings is 1. The number of hydrogen-bond donors (Lipinski definition) is 3. The van der Waals surface area contributed by atoms with Gasteiger partial charge >= 0.3 is 6.18 Å². The predicted molar refractivity (Wildman–Crippen MR) is 123 cm³/mol. The van der Waals surface area contributed by atoms with E-state index in [0.717, 1.165) is 36.0 Å². The highest BCUT2D eigenvalue weighted by Crippen LogP contribution is 2.40. The summed E-state index contributed by atoms with van der Waals surface area (Å²) in [5, 5.41) is 11.1. The minimum Gasteiger partial charge on any atom is -0.361 e. The zero-order valence-corrected chi connectivity index (χ0v) is 19.0. The molecule has 4 heterocycles. The summed E-state index contributed by atoms with van der Waals surface area (Å²) >= 11 is 0. The Balaban J connectivity index is 1.58. The number of halogens is 3. The average molecular weight is 470 g/mol. The van der Waals surface area contributed by atoms with Gasteiger partial charge in [0.15, 0.2) is 0 Å². The Bertz CT molecular complexity index is 1320. The molecule has 1 fully saturated rings. The molecule has 1 aliphatic heterocycles. The van der Waals surface area contributed by atoms with Crippen LogP contribution in [0.5, 0.6) is 0 Å². The Labute approximate surface area is 194 Å². The van der Waals surface area contributed by atoms with Gasteiger partial charge in [0.25, 0.3) is 0 Å². The molecule has 34 heavy (non-hydrogen) atoms. The third-order valence-electron chi connectivity index (χ3n) is 6.50. The van der Waals surface area contributed by atoms with E-state index < -0.39 is 11.7 Å². The highest BCUT2D eigenvalue weighted by molar-refractivity contribution is 5.97. The fourth-order valence-electron chi connectivity index (χ4n) is 4.59. The monoisotopic (exact) mass is 470 g/mol. The molecule has 3 aromatic heterocycles. The van der Waals surface area contributed by atoms with Gasteiger partial charge in [-0.2, -0.15) is 13.2 Å². The molecule has 1 saturated heterocycles. The van der Waals surface area contributed by atoms with E-state index in [0.29, 0.717) is 34.7 Å². The van der Waals surface area contributed by atoms with Crippen LogP contribution in [0.4, 0.5) is 19.1 Å². The number of nitrogens with zero attached hydrogens (tertiary/aromatic N) is 3. The second-order valence-corrected chi connectivity index (χ2v) is 8.84. The number of rotatable bonds is 4. The van der Waals surface area contributed by atoms with Gasteiger partial charge < -0.3 is 20.1 Å². The van der Waals surface area contributed by atoms with Crippen LogP contribution < -0.4 is 10.6 Å². The number of H-pyrrole nitrogens is 1. The summed E-state index contributed by atoms with van der Waals surface area (Å²) in [5.41, 5.74) is 2.53. The summed E-state index contributed by atoms with van der Waals surface area (Å²) in [7, 11) is 0. The largest absolute Gasteiger partial charge is 0.419 e. The highest BCUT2D eigenvalue weighted by Gasteiger charge is 2.36. The molecule has 4 aromatic rings. The van der Waals surface area contributed by atoms with Crippen molar-refractivity contribution in [2.24, 2.45) is 5.92 Å². The lowest BCUT2D eigenvalue weighted by Crippen LogP contribution is -2.44. The van der Waals surface area contributed by atoms with Gasteiger partial charge in [-0.25, -0.2) is 9.97 Å². The van der Waals surface area contributed by atoms with E-state index in [2.05, 4.69) is 37.7 Å². The molecule has 1 aromatic carbocycles. The number of aromatic amines is 1. The molecule has 0 radical (unpaired) electrons. The first-order chi connectivity index (χ1) is 16.2. The Hall–Kier alpha value is -3.40. The van der Waals surface area contributed by atoms with Crippen LogP contribution in [0.1, 0.15) is 30.4 Å². The average Bonchev–Trinajstić information content (AvgIpc) is 3.36. The molecule has 0 unspecified atom stereocenters. The van der Waals surface area contributed by atoms with E-state index in [-0.39, 0.29) is 17.7 Å². The van der Waals surface area contributed by atoms with Crippen molar-refractivity contribution in [3.8, 4) is 22.4 Å². The number of aryl methyl sites for hydroxylation is 2. The van der Waals surface area contributed by atoms with Crippen LogP contribution in [0.2, 0.25) is 0 Å².